The Hall–Kier alpha value is -2.73. The van der Waals surface area contributed by atoms with E-state index < -0.39 is 5.92 Å². The summed E-state index contributed by atoms with van der Waals surface area (Å²) in [5, 5.41) is 17.8. The van der Waals surface area contributed by atoms with Crippen molar-refractivity contribution in [1.29, 1.82) is 5.26 Å². The van der Waals surface area contributed by atoms with Crippen LogP contribution in [0.15, 0.2) is 24.3 Å². The van der Waals surface area contributed by atoms with E-state index in [9.17, 15) is 19.6 Å². The van der Waals surface area contributed by atoms with Crippen LogP contribution < -0.4 is 16.0 Å². The zero-order valence-corrected chi connectivity index (χ0v) is 19.1. The van der Waals surface area contributed by atoms with Crippen molar-refractivity contribution in [2.75, 3.05) is 30.3 Å². The highest BCUT2D eigenvalue weighted by atomic mass is 32.2. The maximum Gasteiger partial charge on any atom is 0.237 e. The van der Waals surface area contributed by atoms with Crippen LogP contribution in [0.4, 0.5) is 11.4 Å². The summed E-state index contributed by atoms with van der Waals surface area (Å²) in [4.78, 5) is 38.2. The van der Waals surface area contributed by atoms with Crippen molar-refractivity contribution in [2.45, 2.75) is 50.7 Å². The Kier molecular flexibility index (Phi) is 9.66. The number of rotatable bonds is 11. The van der Waals surface area contributed by atoms with E-state index >= 15 is 0 Å². The van der Waals surface area contributed by atoms with Gasteiger partial charge in [0.2, 0.25) is 17.7 Å². The Morgan fingerprint density at radius 3 is 2.65 bits per heavy atom. The molecule has 3 atom stereocenters. The molecule has 3 N–H and O–H groups in total. The van der Waals surface area contributed by atoms with Crippen LogP contribution in [0, 0.1) is 17.2 Å². The third kappa shape index (κ3) is 6.89. The number of thioether (sulfide) groups is 1. The van der Waals surface area contributed by atoms with E-state index in [4.69, 9.17) is 0 Å². The van der Waals surface area contributed by atoms with Gasteiger partial charge in [-0.2, -0.15) is 5.26 Å². The van der Waals surface area contributed by atoms with E-state index in [-0.39, 0.29) is 28.3 Å². The highest BCUT2D eigenvalue weighted by molar-refractivity contribution is 8.01. The summed E-state index contributed by atoms with van der Waals surface area (Å²) in [6.07, 6.45) is 1.37. The summed E-state index contributed by atoms with van der Waals surface area (Å²) in [5.41, 5.74) is 1.60. The molecule has 1 aromatic carbocycles. The Morgan fingerprint density at radius 1 is 1.26 bits per heavy atom. The Labute approximate surface area is 188 Å². The van der Waals surface area contributed by atoms with Crippen molar-refractivity contribution in [3.8, 4) is 6.07 Å². The van der Waals surface area contributed by atoms with Gasteiger partial charge >= 0.3 is 0 Å². The molecule has 3 amide bonds. The fourth-order valence-electron chi connectivity index (χ4n) is 3.40. The zero-order chi connectivity index (χ0) is 22.8. The van der Waals surface area contributed by atoms with Crippen LogP contribution >= 0.6 is 11.8 Å². The summed E-state index contributed by atoms with van der Waals surface area (Å²) in [7, 11) is 0. The molecule has 0 radical (unpaired) electrons. The lowest BCUT2D eigenvalue weighted by atomic mass is 10.1. The van der Waals surface area contributed by atoms with Crippen LogP contribution in [0.25, 0.3) is 0 Å². The first-order valence-corrected chi connectivity index (χ1v) is 11.6. The van der Waals surface area contributed by atoms with Crippen molar-refractivity contribution in [1.82, 2.24) is 10.2 Å². The van der Waals surface area contributed by atoms with Crippen molar-refractivity contribution in [2.24, 2.45) is 5.92 Å². The van der Waals surface area contributed by atoms with Crippen LogP contribution in [0.1, 0.15) is 40.0 Å². The highest BCUT2D eigenvalue weighted by Crippen LogP contribution is 2.36. The number of benzene rings is 1. The van der Waals surface area contributed by atoms with Gasteiger partial charge in [-0.1, -0.05) is 13.0 Å². The molecule has 8 nitrogen and oxygen atoms in total. The molecule has 0 saturated carbocycles. The lowest BCUT2D eigenvalue weighted by Crippen LogP contribution is -2.38. The van der Waals surface area contributed by atoms with Gasteiger partial charge in [0.15, 0.2) is 0 Å². The molecule has 1 fully saturated rings. The van der Waals surface area contributed by atoms with Crippen LogP contribution in [0.3, 0.4) is 0 Å². The molecule has 1 aliphatic rings. The Balaban J connectivity index is 1.92. The van der Waals surface area contributed by atoms with Crippen LogP contribution in [-0.2, 0) is 14.4 Å². The molecular formula is C22H31N5O3S. The molecule has 168 valence electrons. The molecule has 3 unspecified atom stereocenters. The van der Waals surface area contributed by atoms with Gasteiger partial charge < -0.3 is 20.9 Å². The fourth-order valence-corrected chi connectivity index (χ4v) is 4.99. The second-order valence-electron chi connectivity index (χ2n) is 7.21. The molecule has 0 aromatic heterocycles. The zero-order valence-electron chi connectivity index (χ0n) is 18.3. The molecule has 1 saturated heterocycles. The van der Waals surface area contributed by atoms with E-state index in [0.717, 1.165) is 11.4 Å². The van der Waals surface area contributed by atoms with Gasteiger partial charge in [0.25, 0.3) is 0 Å². The molecule has 9 heteroatoms. The second-order valence-corrected chi connectivity index (χ2v) is 8.60. The number of carbonyl (C=O) groups is 3. The number of nitriles is 1. The highest BCUT2D eigenvalue weighted by Gasteiger charge is 2.40. The van der Waals surface area contributed by atoms with Crippen LogP contribution in [0.2, 0.25) is 0 Å². The van der Waals surface area contributed by atoms with Crippen LogP contribution in [0.5, 0.6) is 0 Å². The standard InChI is InChI=1S/C22H31N5O3S/c1-4-19(28)26-17-9-7-8-16(13-17)25-11-10-18-22(30)27(6-3)20(31-18)12-15(14-23)21(29)24-5-2/h7-9,13,15,18,20,25H,4-6,10-12H2,1-3H3,(H,24,29)(H,26,28). The number of hydrogen-bond donors (Lipinski definition) is 3. The van der Waals surface area contributed by atoms with Crippen molar-refractivity contribution in [3.05, 3.63) is 24.3 Å². The lowest BCUT2D eigenvalue weighted by Gasteiger charge is -2.23. The molecule has 1 aromatic rings. The number of carbonyl (C=O) groups excluding carboxylic acids is 3. The first-order valence-electron chi connectivity index (χ1n) is 10.7. The average Bonchev–Trinajstić information content (AvgIpc) is 3.06. The third-order valence-corrected chi connectivity index (χ3v) is 6.56. The average molecular weight is 446 g/mol. The molecular weight excluding hydrogens is 414 g/mol. The maximum absolute atomic E-state index is 12.8. The molecule has 0 spiro atoms. The quantitative estimate of drug-likeness (QED) is 0.483. The molecule has 0 bridgehead atoms. The van der Waals surface area contributed by atoms with Gasteiger partial charge in [-0.15, -0.1) is 11.8 Å². The minimum absolute atomic E-state index is 0.0425. The number of hydrogen-bond acceptors (Lipinski definition) is 6. The molecule has 1 heterocycles. The molecule has 1 aliphatic heterocycles. The van der Waals surface area contributed by atoms with Gasteiger partial charge in [0, 0.05) is 43.9 Å². The van der Waals surface area contributed by atoms with Gasteiger partial charge in [0.05, 0.1) is 16.7 Å². The van der Waals surface area contributed by atoms with Crippen molar-refractivity contribution in [3.63, 3.8) is 0 Å². The minimum Gasteiger partial charge on any atom is -0.385 e. The third-order valence-electron chi connectivity index (χ3n) is 5.03. The lowest BCUT2D eigenvalue weighted by molar-refractivity contribution is -0.131. The SMILES string of the molecule is CCNC(=O)C(C#N)CC1SC(CCNc2cccc(NC(=O)CC)c2)C(=O)N1CC. The Morgan fingerprint density at radius 2 is 2.00 bits per heavy atom. The fraction of sp³-hybridized carbons (Fsp3) is 0.545. The Bertz CT molecular complexity index is 826. The van der Waals surface area contributed by atoms with Gasteiger partial charge in [-0.3, -0.25) is 14.4 Å². The maximum atomic E-state index is 12.8. The summed E-state index contributed by atoms with van der Waals surface area (Å²) in [6.45, 7) is 7.15. The first-order chi connectivity index (χ1) is 14.9. The van der Waals surface area contributed by atoms with Crippen LogP contribution in [-0.4, -0.2) is 52.9 Å². The van der Waals surface area contributed by atoms with Crippen molar-refractivity contribution < 1.29 is 14.4 Å². The van der Waals surface area contributed by atoms with E-state index in [1.165, 1.54) is 11.8 Å². The largest absolute Gasteiger partial charge is 0.385 e. The van der Waals surface area contributed by atoms with E-state index in [1.807, 2.05) is 38.1 Å². The van der Waals surface area contributed by atoms with E-state index in [2.05, 4.69) is 22.0 Å². The van der Waals surface area contributed by atoms with Gasteiger partial charge in [-0.05, 0) is 38.5 Å². The second kappa shape index (κ2) is 12.2. The number of nitrogens with zero attached hydrogens (tertiary/aromatic N) is 2. The minimum atomic E-state index is -0.766. The summed E-state index contributed by atoms with van der Waals surface area (Å²) in [5.74, 6) is -1.04. The van der Waals surface area contributed by atoms with E-state index in [0.29, 0.717) is 38.9 Å². The summed E-state index contributed by atoms with van der Waals surface area (Å²) >= 11 is 1.53. The predicted molar refractivity (Wildman–Crippen MR) is 123 cm³/mol. The molecule has 0 aliphatic carbocycles. The normalized spacial score (nSPS) is 18.9. The summed E-state index contributed by atoms with van der Waals surface area (Å²) in [6, 6.07) is 9.54. The van der Waals surface area contributed by atoms with Gasteiger partial charge in [0.1, 0.15) is 5.92 Å². The number of anilines is 2. The molecule has 2 rings (SSSR count). The molecule has 31 heavy (non-hydrogen) atoms. The monoisotopic (exact) mass is 445 g/mol. The predicted octanol–water partition coefficient (Wildman–Crippen LogP) is 2.79. The number of nitrogens with one attached hydrogen (secondary N) is 3. The van der Waals surface area contributed by atoms with Gasteiger partial charge in [-0.25, -0.2) is 0 Å². The summed E-state index contributed by atoms with van der Waals surface area (Å²) < 4.78 is 0. The first kappa shape index (κ1) is 24.5. The number of amides is 3. The van der Waals surface area contributed by atoms with E-state index in [1.54, 1.807) is 11.8 Å². The smallest absolute Gasteiger partial charge is 0.237 e. The van der Waals surface area contributed by atoms with Crippen molar-refractivity contribution >= 4 is 40.9 Å². The topological polar surface area (TPSA) is 114 Å².